The first-order valence-electron chi connectivity index (χ1n) is 6.96. The van der Waals surface area contributed by atoms with Crippen molar-refractivity contribution in [1.82, 2.24) is 0 Å². The van der Waals surface area contributed by atoms with Crippen LogP contribution in [0.3, 0.4) is 0 Å². The number of benzene rings is 3. The predicted molar refractivity (Wildman–Crippen MR) is 90.5 cm³/mol. The number of carbonyl (C=O) groups is 2. The van der Waals surface area contributed by atoms with Crippen molar-refractivity contribution in [2.45, 2.75) is 0 Å². The van der Waals surface area contributed by atoms with Gasteiger partial charge in [-0.15, -0.1) is 0 Å². The predicted octanol–water partition coefficient (Wildman–Crippen LogP) is 4.73. The summed E-state index contributed by atoms with van der Waals surface area (Å²) in [5.41, 5.74) is 1.17. The zero-order chi connectivity index (χ0) is 15.7. The minimum atomic E-state index is -0.148. The van der Waals surface area contributed by atoms with E-state index in [0.717, 1.165) is 21.5 Å². The van der Waals surface area contributed by atoms with Gasteiger partial charge in [0.05, 0.1) is 0 Å². The van der Waals surface area contributed by atoms with E-state index in [9.17, 15) is 9.59 Å². The van der Waals surface area contributed by atoms with E-state index in [1.807, 2.05) is 48.5 Å². The summed E-state index contributed by atoms with van der Waals surface area (Å²) in [7, 11) is 0. The lowest BCUT2D eigenvalue weighted by Crippen LogP contribution is -2.03. The molecule has 2 heteroatoms. The van der Waals surface area contributed by atoms with Crippen LogP contribution in [0.25, 0.3) is 21.5 Å². The van der Waals surface area contributed by atoms with Crippen LogP contribution in [-0.2, 0) is 0 Å². The molecule has 0 aromatic heterocycles. The van der Waals surface area contributed by atoms with Gasteiger partial charge in [0.15, 0.2) is 11.6 Å². The van der Waals surface area contributed by atoms with E-state index in [4.69, 9.17) is 0 Å². The van der Waals surface area contributed by atoms with Crippen molar-refractivity contribution in [3.05, 3.63) is 85.0 Å². The van der Waals surface area contributed by atoms with Gasteiger partial charge in [0, 0.05) is 11.1 Å². The molecule has 3 aromatic rings. The molecule has 0 spiro atoms. The second-order valence-electron chi connectivity index (χ2n) is 4.98. The molecule has 0 aliphatic carbocycles. The lowest BCUT2D eigenvalue weighted by Gasteiger charge is -2.13. The van der Waals surface area contributed by atoms with E-state index in [1.165, 1.54) is 12.2 Å². The number of hydrogen-bond donors (Lipinski definition) is 0. The molecule has 0 N–H and O–H groups in total. The van der Waals surface area contributed by atoms with Crippen LogP contribution in [-0.4, -0.2) is 11.6 Å². The highest BCUT2D eigenvalue weighted by Crippen LogP contribution is 2.33. The molecule has 0 saturated carbocycles. The van der Waals surface area contributed by atoms with Gasteiger partial charge in [-0.1, -0.05) is 61.7 Å². The van der Waals surface area contributed by atoms with Gasteiger partial charge in [0.2, 0.25) is 0 Å². The smallest absolute Gasteiger partial charge is 0.186 e. The quantitative estimate of drug-likeness (QED) is 0.395. The first-order valence-corrected chi connectivity index (χ1v) is 6.96. The van der Waals surface area contributed by atoms with E-state index in [1.54, 1.807) is 0 Å². The van der Waals surface area contributed by atoms with Crippen LogP contribution in [0.4, 0.5) is 0 Å². The fourth-order valence-corrected chi connectivity index (χ4v) is 2.86. The molecule has 0 fully saturated rings. The van der Waals surface area contributed by atoms with Crippen molar-refractivity contribution in [2.24, 2.45) is 0 Å². The van der Waals surface area contributed by atoms with E-state index >= 15 is 0 Å². The number of carbonyl (C=O) groups excluding carboxylic acids is 2. The van der Waals surface area contributed by atoms with E-state index in [0.29, 0.717) is 11.1 Å². The summed E-state index contributed by atoms with van der Waals surface area (Å²) in [5, 5.41) is 3.04. The van der Waals surface area contributed by atoms with Gasteiger partial charge >= 0.3 is 0 Å². The van der Waals surface area contributed by atoms with Crippen LogP contribution in [0.2, 0.25) is 0 Å². The Labute approximate surface area is 128 Å². The minimum absolute atomic E-state index is 0.148. The minimum Gasteiger partial charge on any atom is -0.289 e. The average molecular weight is 286 g/mol. The first-order chi connectivity index (χ1) is 10.7. The lowest BCUT2D eigenvalue weighted by molar-refractivity contribution is 0.104. The third-order valence-corrected chi connectivity index (χ3v) is 3.80. The monoisotopic (exact) mass is 286 g/mol. The largest absolute Gasteiger partial charge is 0.289 e. The Kier molecular flexibility index (Phi) is 3.43. The molecule has 0 amide bonds. The van der Waals surface area contributed by atoms with Gasteiger partial charge in [0.25, 0.3) is 0 Å². The molecule has 0 radical (unpaired) electrons. The van der Waals surface area contributed by atoms with Crippen molar-refractivity contribution in [1.29, 1.82) is 0 Å². The second-order valence-corrected chi connectivity index (χ2v) is 4.98. The maximum absolute atomic E-state index is 12.4. The maximum Gasteiger partial charge on any atom is 0.186 e. The number of hydrogen-bond acceptors (Lipinski definition) is 2. The molecule has 0 aliphatic heterocycles. The molecular weight excluding hydrogens is 272 g/mol. The fraction of sp³-hybridized carbons (Fsp3) is 0. The summed E-state index contributed by atoms with van der Waals surface area (Å²) in [4.78, 5) is 24.7. The highest BCUT2D eigenvalue weighted by Gasteiger charge is 2.19. The SMILES string of the molecule is C=CC(=O)c1c2ccccc2c(C(=O)C=C)c2ccccc12. The molecule has 0 saturated heterocycles. The number of fused-ring (bicyclic) bond motifs is 2. The van der Waals surface area contributed by atoms with E-state index in [2.05, 4.69) is 13.2 Å². The van der Waals surface area contributed by atoms with Crippen molar-refractivity contribution < 1.29 is 9.59 Å². The van der Waals surface area contributed by atoms with Gasteiger partial charge < -0.3 is 0 Å². The van der Waals surface area contributed by atoms with Crippen LogP contribution in [0.15, 0.2) is 73.8 Å². The Balaban J connectivity index is 2.65. The van der Waals surface area contributed by atoms with Crippen LogP contribution in [0.1, 0.15) is 20.7 Å². The van der Waals surface area contributed by atoms with Gasteiger partial charge in [-0.3, -0.25) is 9.59 Å². The topological polar surface area (TPSA) is 34.1 Å². The Bertz CT molecular complexity index is 813. The summed E-state index contributed by atoms with van der Waals surface area (Å²) in [6, 6.07) is 14.9. The Morgan fingerprint density at radius 3 is 1.14 bits per heavy atom. The Morgan fingerprint density at radius 1 is 0.636 bits per heavy atom. The van der Waals surface area contributed by atoms with Crippen molar-refractivity contribution in [3.8, 4) is 0 Å². The summed E-state index contributed by atoms with van der Waals surface area (Å²) >= 11 is 0. The van der Waals surface area contributed by atoms with Crippen molar-refractivity contribution in [3.63, 3.8) is 0 Å². The molecule has 0 heterocycles. The Hall–Kier alpha value is -3.00. The summed E-state index contributed by atoms with van der Waals surface area (Å²) in [6.07, 6.45) is 2.62. The molecule has 106 valence electrons. The molecule has 0 aliphatic rings. The zero-order valence-electron chi connectivity index (χ0n) is 12.0. The van der Waals surface area contributed by atoms with Gasteiger partial charge in [-0.2, -0.15) is 0 Å². The van der Waals surface area contributed by atoms with Crippen LogP contribution in [0.5, 0.6) is 0 Å². The van der Waals surface area contributed by atoms with Crippen molar-refractivity contribution >= 4 is 33.1 Å². The maximum atomic E-state index is 12.4. The summed E-state index contributed by atoms with van der Waals surface area (Å²) < 4.78 is 0. The van der Waals surface area contributed by atoms with Gasteiger partial charge in [-0.25, -0.2) is 0 Å². The molecule has 2 nitrogen and oxygen atoms in total. The molecule has 0 atom stereocenters. The van der Waals surface area contributed by atoms with Crippen LogP contribution < -0.4 is 0 Å². The fourth-order valence-electron chi connectivity index (χ4n) is 2.86. The van der Waals surface area contributed by atoms with Gasteiger partial charge in [0.1, 0.15) is 0 Å². The standard InChI is InChI=1S/C20H14O2/c1-3-17(21)19-13-9-5-7-11-15(13)20(18(22)4-2)16-12-8-6-10-14(16)19/h3-12H,1-2H2. The van der Waals surface area contributed by atoms with E-state index < -0.39 is 0 Å². The summed E-state index contributed by atoms with van der Waals surface area (Å²) in [6.45, 7) is 7.18. The molecule has 22 heavy (non-hydrogen) atoms. The molecular formula is C20H14O2. The van der Waals surface area contributed by atoms with Crippen LogP contribution in [0, 0.1) is 0 Å². The third-order valence-electron chi connectivity index (χ3n) is 3.80. The molecule has 0 unspecified atom stereocenters. The normalized spacial score (nSPS) is 10.5. The third kappa shape index (κ3) is 1.97. The number of rotatable bonds is 4. The van der Waals surface area contributed by atoms with Crippen LogP contribution >= 0.6 is 0 Å². The number of allylic oxidation sites excluding steroid dienone is 2. The molecule has 0 bridgehead atoms. The lowest BCUT2D eigenvalue weighted by atomic mass is 9.88. The molecule has 3 aromatic carbocycles. The highest BCUT2D eigenvalue weighted by molar-refractivity contribution is 6.29. The highest BCUT2D eigenvalue weighted by atomic mass is 16.1. The van der Waals surface area contributed by atoms with Crippen molar-refractivity contribution in [2.75, 3.05) is 0 Å². The van der Waals surface area contributed by atoms with E-state index in [-0.39, 0.29) is 11.6 Å². The second kappa shape index (κ2) is 5.41. The Morgan fingerprint density at radius 2 is 0.909 bits per heavy atom. The van der Waals surface area contributed by atoms with Gasteiger partial charge in [-0.05, 0) is 33.7 Å². The zero-order valence-corrected chi connectivity index (χ0v) is 12.0. The molecule has 3 rings (SSSR count). The average Bonchev–Trinajstić information content (AvgIpc) is 2.58. The first kappa shape index (κ1) is 14.0. The number of ketones is 2. The summed E-state index contributed by atoms with van der Waals surface area (Å²) in [5.74, 6) is -0.296.